The summed E-state index contributed by atoms with van der Waals surface area (Å²) in [5.41, 5.74) is 0. The summed E-state index contributed by atoms with van der Waals surface area (Å²) in [6.45, 7) is 0.889. The largest absolute Gasteiger partial charge is 0.395 e. The van der Waals surface area contributed by atoms with Crippen LogP contribution in [0.2, 0.25) is 0 Å². The van der Waals surface area contributed by atoms with Crippen molar-refractivity contribution in [3.8, 4) is 0 Å². The van der Waals surface area contributed by atoms with Crippen molar-refractivity contribution in [1.82, 2.24) is 0 Å². The maximum Gasteiger partial charge on any atom is 0.0900 e. The molecule has 52 valence electrons. The average Bonchev–Trinajstić information content (AvgIpc) is 2.37. The number of alkyl halides is 1. The molecule has 0 aromatic heterocycles. The first-order valence-electron chi connectivity index (χ1n) is 2.88. The first-order valence-corrected chi connectivity index (χ1v) is 4.12. The van der Waals surface area contributed by atoms with Gasteiger partial charge in [0.15, 0.2) is 0 Å². The zero-order valence-electron chi connectivity index (χ0n) is 4.96. The van der Waals surface area contributed by atoms with Crippen LogP contribution in [-0.4, -0.2) is 28.3 Å². The number of halogens is 1. The molecule has 9 heavy (non-hydrogen) atoms. The molecule has 0 spiro atoms. The second-order valence-electron chi connectivity index (χ2n) is 1.92. The molecule has 2 nitrogen and oxygen atoms in total. The molecule has 0 saturated heterocycles. The lowest BCUT2D eigenvalue weighted by atomic mass is 10.3. The molecule has 0 unspecified atom stereocenters. The van der Waals surface area contributed by atoms with Crippen LogP contribution in [0.3, 0.4) is 0 Å². The van der Waals surface area contributed by atoms with Gasteiger partial charge in [-0.1, -0.05) is 34.7 Å². The van der Waals surface area contributed by atoms with Crippen molar-refractivity contribution in [2.45, 2.75) is 10.0 Å². The number of rotatable bonds is 2. The van der Waals surface area contributed by atoms with E-state index in [-0.39, 0.29) is 16.6 Å². The van der Waals surface area contributed by atoms with E-state index in [2.05, 4.69) is 22.6 Å². The Hall–Kier alpha value is 0.390. The van der Waals surface area contributed by atoms with Gasteiger partial charge in [0, 0.05) is 0 Å². The van der Waals surface area contributed by atoms with Crippen molar-refractivity contribution in [2.24, 2.45) is 0 Å². The Bertz CT molecular complexity index is 114. The highest BCUT2D eigenvalue weighted by molar-refractivity contribution is 14.1. The van der Waals surface area contributed by atoms with Gasteiger partial charge in [0.25, 0.3) is 0 Å². The lowest BCUT2D eigenvalue weighted by Crippen LogP contribution is -2.21. The van der Waals surface area contributed by atoms with E-state index in [1.165, 1.54) is 0 Å². The molecule has 3 heteroatoms. The highest BCUT2D eigenvalue weighted by Gasteiger charge is 2.17. The van der Waals surface area contributed by atoms with E-state index in [1.54, 1.807) is 0 Å². The second kappa shape index (κ2) is 3.53. The molecule has 1 rings (SSSR count). The Morgan fingerprint density at radius 3 is 3.11 bits per heavy atom. The zero-order chi connectivity index (χ0) is 6.69. The van der Waals surface area contributed by atoms with E-state index >= 15 is 0 Å². The lowest BCUT2D eigenvalue weighted by Gasteiger charge is -2.11. The van der Waals surface area contributed by atoms with Gasteiger partial charge in [0.05, 0.1) is 23.2 Å². The van der Waals surface area contributed by atoms with Crippen LogP contribution in [0.15, 0.2) is 12.2 Å². The van der Waals surface area contributed by atoms with Gasteiger partial charge in [0.1, 0.15) is 0 Å². The first kappa shape index (κ1) is 7.50. The Morgan fingerprint density at radius 1 is 1.89 bits per heavy atom. The van der Waals surface area contributed by atoms with Crippen LogP contribution in [0.25, 0.3) is 0 Å². The van der Waals surface area contributed by atoms with Crippen LogP contribution in [0.1, 0.15) is 0 Å². The van der Waals surface area contributed by atoms with E-state index < -0.39 is 0 Å². The Labute approximate surface area is 68.0 Å². The van der Waals surface area contributed by atoms with E-state index in [9.17, 15) is 0 Å². The molecule has 0 amide bonds. The Balaban J connectivity index is 2.33. The normalized spacial score (nSPS) is 28.9. The quantitative estimate of drug-likeness (QED) is 0.438. The molecule has 0 aromatic rings. The number of aliphatic hydroxyl groups excluding tert-OH is 1. The molecule has 1 heterocycles. The van der Waals surface area contributed by atoms with Gasteiger partial charge in [-0.25, -0.2) is 0 Å². The Kier molecular flexibility index (Phi) is 2.94. The molecule has 0 saturated carbocycles. The zero-order valence-corrected chi connectivity index (χ0v) is 7.11. The second-order valence-corrected chi connectivity index (χ2v) is 3.52. The van der Waals surface area contributed by atoms with Crippen molar-refractivity contribution in [3.05, 3.63) is 12.2 Å². The van der Waals surface area contributed by atoms with E-state index in [1.807, 2.05) is 12.2 Å². The maximum atomic E-state index is 8.67. The molecule has 0 radical (unpaired) electrons. The van der Waals surface area contributed by atoms with Crippen molar-refractivity contribution in [3.63, 3.8) is 0 Å². The molecule has 0 bridgehead atoms. The van der Waals surface area contributed by atoms with Gasteiger partial charge in [-0.3, -0.25) is 0 Å². The minimum atomic E-state index is 0.135. The number of ether oxygens (including phenoxy) is 1. The molecule has 1 aliphatic rings. The summed E-state index contributed by atoms with van der Waals surface area (Å²) in [4.78, 5) is 0. The Morgan fingerprint density at radius 2 is 2.67 bits per heavy atom. The highest BCUT2D eigenvalue weighted by Crippen LogP contribution is 2.14. The fourth-order valence-corrected chi connectivity index (χ4v) is 1.19. The predicted molar refractivity (Wildman–Crippen MR) is 43.8 cm³/mol. The predicted octanol–water partition coefficient (Wildman–Crippen LogP) is 0.737. The molecule has 0 aromatic carbocycles. The van der Waals surface area contributed by atoms with Crippen molar-refractivity contribution in [2.75, 3.05) is 13.2 Å². The van der Waals surface area contributed by atoms with Gasteiger partial charge < -0.3 is 9.84 Å². The summed E-state index contributed by atoms with van der Waals surface area (Å²) in [5, 5.41) is 8.67. The molecular weight excluding hydrogens is 231 g/mol. The SMILES string of the molecule is OC[C@H](I)[C@@H]1C=CCO1. The van der Waals surface area contributed by atoms with Gasteiger partial charge in [0.2, 0.25) is 0 Å². The summed E-state index contributed by atoms with van der Waals surface area (Å²) in [6.07, 6.45) is 4.11. The van der Waals surface area contributed by atoms with E-state index in [4.69, 9.17) is 9.84 Å². The van der Waals surface area contributed by atoms with Crippen LogP contribution in [0.5, 0.6) is 0 Å². The van der Waals surface area contributed by atoms with Crippen molar-refractivity contribution >= 4 is 22.6 Å². The van der Waals surface area contributed by atoms with Crippen LogP contribution in [0, 0.1) is 0 Å². The first-order chi connectivity index (χ1) is 4.34. The summed E-state index contributed by atoms with van der Waals surface area (Å²) in [7, 11) is 0. The van der Waals surface area contributed by atoms with E-state index in [0.29, 0.717) is 6.61 Å². The topological polar surface area (TPSA) is 29.5 Å². The summed E-state index contributed by atoms with van der Waals surface area (Å²) < 4.78 is 5.44. The fraction of sp³-hybridized carbons (Fsp3) is 0.667. The number of aliphatic hydroxyl groups is 1. The van der Waals surface area contributed by atoms with E-state index in [0.717, 1.165) is 0 Å². The van der Waals surface area contributed by atoms with Gasteiger partial charge in [-0.15, -0.1) is 0 Å². The van der Waals surface area contributed by atoms with Crippen LogP contribution >= 0.6 is 22.6 Å². The average molecular weight is 240 g/mol. The standard InChI is InChI=1S/C6H9IO2/c7-5(4-8)6-2-1-3-9-6/h1-2,5-6,8H,3-4H2/t5-,6-/m0/s1. The molecule has 1 N–H and O–H groups in total. The molecular formula is C6H9IO2. The van der Waals surface area contributed by atoms with Crippen LogP contribution in [0.4, 0.5) is 0 Å². The van der Waals surface area contributed by atoms with Crippen molar-refractivity contribution in [1.29, 1.82) is 0 Å². The molecule has 0 aliphatic carbocycles. The summed E-state index contributed by atoms with van der Waals surface area (Å²) in [5.74, 6) is 0. The minimum Gasteiger partial charge on any atom is -0.395 e. The highest BCUT2D eigenvalue weighted by atomic mass is 127. The fourth-order valence-electron chi connectivity index (χ4n) is 0.741. The van der Waals surface area contributed by atoms with Gasteiger partial charge in [-0.05, 0) is 0 Å². The summed E-state index contributed by atoms with van der Waals surface area (Å²) in [6, 6.07) is 0. The third kappa shape index (κ3) is 1.91. The smallest absolute Gasteiger partial charge is 0.0900 e. The maximum absolute atomic E-state index is 8.67. The minimum absolute atomic E-state index is 0.135. The van der Waals surface area contributed by atoms with Gasteiger partial charge >= 0.3 is 0 Å². The monoisotopic (exact) mass is 240 g/mol. The third-order valence-electron chi connectivity index (χ3n) is 1.24. The van der Waals surface area contributed by atoms with Crippen LogP contribution < -0.4 is 0 Å². The molecule has 2 atom stereocenters. The van der Waals surface area contributed by atoms with Crippen LogP contribution in [-0.2, 0) is 4.74 Å². The van der Waals surface area contributed by atoms with Gasteiger partial charge in [-0.2, -0.15) is 0 Å². The van der Waals surface area contributed by atoms with Crippen molar-refractivity contribution < 1.29 is 9.84 Å². The molecule has 1 aliphatic heterocycles. The molecule has 0 fully saturated rings. The lowest BCUT2D eigenvalue weighted by molar-refractivity contribution is 0.112. The number of hydrogen-bond acceptors (Lipinski definition) is 2. The third-order valence-corrected chi connectivity index (χ3v) is 2.34. The summed E-state index contributed by atoms with van der Waals surface area (Å²) >= 11 is 2.18. The number of hydrogen-bond donors (Lipinski definition) is 1.